The highest BCUT2D eigenvalue weighted by Crippen LogP contribution is 2.55. The lowest BCUT2D eigenvalue weighted by Gasteiger charge is -2.28. The van der Waals surface area contributed by atoms with Crippen LogP contribution in [-0.4, -0.2) is 9.97 Å². The van der Waals surface area contributed by atoms with Crippen LogP contribution in [0.3, 0.4) is 0 Å². The third-order valence-electron chi connectivity index (χ3n) is 12.6. The molecule has 0 N–H and O–H groups in total. The molecule has 276 valence electrons. The van der Waals surface area contributed by atoms with E-state index in [0.717, 1.165) is 66.5 Å². The Balaban J connectivity index is 1.04. The first kappa shape index (κ1) is 33.5. The van der Waals surface area contributed by atoms with Crippen molar-refractivity contribution in [3.8, 4) is 56.2 Å². The monoisotopic (exact) mass is 752 g/mol. The van der Waals surface area contributed by atoms with Crippen molar-refractivity contribution >= 4 is 43.5 Å². The lowest BCUT2D eigenvalue weighted by Crippen LogP contribution is -2.22. The molecule has 2 heterocycles. The molecule has 1 unspecified atom stereocenters. The van der Waals surface area contributed by atoms with Crippen LogP contribution < -0.4 is 0 Å². The molecule has 0 fully saturated rings. The molecule has 0 saturated heterocycles. The average molecular weight is 753 g/mol. The quantitative estimate of drug-likeness (QED) is 0.164. The van der Waals surface area contributed by atoms with E-state index >= 15 is 0 Å². The van der Waals surface area contributed by atoms with Gasteiger partial charge in [0.15, 0.2) is 5.82 Å². The molecule has 0 saturated carbocycles. The van der Waals surface area contributed by atoms with Crippen LogP contribution in [0.25, 0.3) is 99.6 Å². The number of hydrogen-bond acceptors (Lipinski definition) is 3. The van der Waals surface area contributed by atoms with Crippen LogP contribution in [0.1, 0.15) is 23.6 Å². The molecule has 1 aliphatic rings. The maximum Gasteiger partial charge on any atom is 0.160 e. The molecule has 3 heteroatoms. The summed E-state index contributed by atoms with van der Waals surface area (Å²) in [4.78, 5) is 10.6. The van der Waals surface area contributed by atoms with Gasteiger partial charge in [-0.2, -0.15) is 0 Å². The Labute approximate surface area is 341 Å². The van der Waals surface area contributed by atoms with Gasteiger partial charge in [0.25, 0.3) is 0 Å². The minimum Gasteiger partial charge on any atom is -0.455 e. The Morgan fingerprint density at radius 1 is 0.407 bits per heavy atom. The smallest absolute Gasteiger partial charge is 0.160 e. The standard InChI is InChI=1S/C56H36N2O/c1-56(39-20-6-3-7-21-39)47-28-13-12-26-44(47)52-45(27-15-29-48(52)56)50-34-49(57-55(58-50)35-16-4-2-5-17-35)38-19-14-18-36(32-38)37-30-31-51-46(33-37)53-42-24-10-8-22-40(42)41-23-9-11-25-43(41)54(53)59-51/h2-34H,1H3. The maximum atomic E-state index is 6.64. The van der Waals surface area contributed by atoms with Crippen LogP contribution in [0.4, 0.5) is 0 Å². The number of hydrogen-bond donors (Lipinski definition) is 0. The Bertz CT molecular complexity index is 3460. The van der Waals surface area contributed by atoms with E-state index in [-0.39, 0.29) is 5.41 Å². The first-order valence-corrected chi connectivity index (χ1v) is 20.2. The van der Waals surface area contributed by atoms with E-state index in [1.165, 1.54) is 44.0 Å². The third-order valence-corrected chi connectivity index (χ3v) is 12.6. The van der Waals surface area contributed by atoms with Crippen molar-refractivity contribution < 1.29 is 4.42 Å². The van der Waals surface area contributed by atoms with E-state index in [0.29, 0.717) is 5.82 Å². The van der Waals surface area contributed by atoms with Crippen LogP contribution in [0.5, 0.6) is 0 Å². The highest BCUT2D eigenvalue weighted by Gasteiger charge is 2.41. The maximum absolute atomic E-state index is 6.64. The molecule has 11 aromatic rings. The Morgan fingerprint density at radius 2 is 1.00 bits per heavy atom. The molecule has 3 nitrogen and oxygen atoms in total. The molecule has 1 aliphatic carbocycles. The minimum atomic E-state index is -0.309. The van der Waals surface area contributed by atoms with Crippen LogP contribution >= 0.6 is 0 Å². The van der Waals surface area contributed by atoms with E-state index < -0.39 is 0 Å². The van der Waals surface area contributed by atoms with Gasteiger partial charge in [-0.3, -0.25) is 0 Å². The second-order valence-electron chi connectivity index (χ2n) is 15.8. The molecule has 59 heavy (non-hydrogen) atoms. The molecule has 12 rings (SSSR count). The zero-order valence-electron chi connectivity index (χ0n) is 32.4. The number of benzene rings is 9. The molecule has 0 radical (unpaired) electrons. The lowest BCUT2D eigenvalue weighted by atomic mass is 9.74. The molecule has 1 atom stereocenters. The van der Waals surface area contributed by atoms with Gasteiger partial charge in [-0.15, -0.1) is 0 Å². The second kappa shape index (κ2) is 13.0. The number of rotatable bonds is 5. The van der Waals surface area contributed by atoms with Gasteiger partial charge in [0.05, 0.1) is 11.4 Å². The zero-order valence-corrected chi connectivity index (χ0v) is 32.4. The third kappa shape index (κ3) is 5.08. The van der Waals surface area contributed by atoms with Crippen molar-refractivity contribution in [1.29, 1.82) is 0 Å². The van der Waals surface area contributed by atoms with E-state index in [2.05, 4.69) is 201 Å². The normalized spacial score (nSPS) is 14.6. The Kier molecular flexibility index (Phi) is 7.36. The molecule has 2 aromatic heterocycles. The fourth-order valence-corrected chi connectivity index (χ4v) is 9.73. The SMILES string of the molecule is CC1(c2ccccc2)c2ccccc2-c2c(-c3cc(-c4cccc(-c5ccc6oc7c8ccccc8c8ccccc8c7c6c5)c4)nc(-c4ccccc4)n3)cccc21. The van der Waals surface area contributed by atoms with Crippen LogP contribution in [0.2, 0.25) is 0 Å². The summed E-state index contributed by atoms with van der Waals surface area (Å²) in [5.41, 5.74) is 15.0. The first-order valence-electron chi connectivity index (χ1n) is 20.2. The first-order chi connectivity index (χ1) is 29.1. The van der Waals surface area contributed by atoms with Crippen molar-refractivity contribution in [2.45, 2.75) is 12.3 Å². The number of aromatic nitrogens is 2. The number of furan rings is 1. The molecular formula is C56H36N2O. The van der Waals surface area contributed by atoms with Gasteiger partial charge in [-0.05, 0) is 86.3 Å². The van der Waals surface area contributed by atoms with Crippen LogP contribution in [0.15, 0.2) is 205 Å². The van der Waals surface area contributed by atoms with E-state index in [1.807, 2.05) is 6.07 Å². The summed E-state index contributed by atoms with van der Waals surface area (Å²) < 4.78 is 6.64. The van der Waals surface area contributed by atoms with E-state index in [1.54, 1.807) is 0 Å². The van der Waals surface area contributed by atoms with Crippen molar-refractivity contribution in [1.82, 2.24) is 9.97 Å². The highest BCUT2D eigenvalue weighted by atomic mass is 16.3. The van der Waals surface area contributed by atoms with Gasteiger partial charge in [0.1, 0.15) is 11.2 Å². The summed E-state index contributed by atoms with van der Waals surface area (Å²) in [6, 6.07) is 71.5. The predicted octanol–water partition coefficient (Wildman–Crippen LogP) is 14.7. The fraction of sp³-hybridized carbons (Fsp3) is 0.0357. The number of nitrogens with zero attached hydrogens (tertiary/aromatic N) is 2. The number of fused-ring (bicyclic) bond motifs is 11. The van der Waals surface area contributed by atoms with Gasteiger partial charge in [-0.25, -0.2) is 9.97 Å². The highest BCUT2D eigenvalue weighted by molar-refractivity contribution is 6.30. The minimum absolute atomic E-state index is 0.309. The summed E-state index contributed by atoms with van der Waals surface area (Å²) in [6.07, 6.45) is 0. The van der Waals surface area contributed by atoms with Crippen molar-refractivity contribution in [2.24, 2.45) is 0 Å². The van der Waals surface area contributed by atoms with Crippen LogP contribution in [-0.2, 0) is 5.41 Å². The summed E-state index contributed by atoms with van der Waals surface area (Å²) in [5, 5.41) is 7.04. The molecule has 0 bridgehead atoms. The molecule has 9 aromatic carbocycles. The van der Waals surface area contributed by atoms with Gasteiger partial charge >= 0.3 is 0 Å². The zero-order chi connectivity index (χ0) is 39.1. The van der Waals surface area contributed by atoms with Gasteiger partial charge in [0, 0.05) is 38.3 Å². The van der Waals surface area contributed by atoms with Crippen LogP contribution in [0, 0.1) is 0 Å². The van der Waals surface area contributed by atoms with Crippen molar-refractivity contribution in [3.05, 3.63) is 217 Å². The Hall–Kier alpha value is -7.62. The lowest BCUT2D eigenvalue weighted by molar-refractivity contribution is 0.673. The van der Waals surface area contributed by atoms with Gasteiger partial charge in [0.2, 0.25) is 0 Å². The molecule has 0 amide bonds. The molecular weight excluding hydrogens is 717 g/mol. The Morgan fingerprint density at radius 3 is 1.83 bits per heavy atom. The largest absolute Gasteiger partial charge is 0.455 e. The summed E-state index contributed by atoms with van der Waals surface area (Å²) >= 11 is 0. The summed E-state index contributed by atoms with van der Waals surface area (Å²) in [5.74, 6) is 0.698. The summed E-state index contributed by atoms with van der Waals surface area (Å²) in [7, 11) is 0. The second-order valence-corrected chi connectivity index (χ2v) is 15.8. The molecule has 0 aliphatic heterocycles. The van der Waals surface area contributed by atoms with Gasteiger partial charge < -0.3 is 4.42 Å². The summed E-state index contributed by atoms with van der Waals surface area (Å²) in [6.45, 7) is 2.36. The predicted molar refractivity (Wildman–Crippen MR) is 243 cm³/mol. The molecule has 0 spiro atoms. The van der Waals surface area contributed by atoms with Gasteiger partial charge in [-0.1, -0.05) is 176 Å². The average Bonchev–Trinajstić information content (AvgIpc) is 3.83. The topological polar surface area (TPSA) is 38.9 Å². The van der Waals surface area contributed by atoms with Crippen molar-refractivity contribution in [3.63, 3.8) is 0 Å². The fourth-order valence-electron chi connectivity index (χ4n) is 9.73. The van der Waals surface area contributed by atoms with Crippen molar-refractivity contribution in [2.75, 3.05) is 0 Å². The van der Waals surface area contributed by atoms with E-state index in [9.17, 15) is 0 Å². The van der Waals surface area contributed by atoms with E-state index in [4.69, 9.17) is 14.4 Å².